The Balaban J connectivity index is 1.30. The Morgan fingerprint density at radius 1 is 0.973 bits per heavy atom. The summed E-state index contributed by atoms with van der Waals surface area (Å²) in [6, 6.07) is 27.5. The zero-order chi connectivity index (χ0) is 25.8. The summed E-state index contributed by atoms with van der Waals surface area (Å²) < 4.78 is 2.56. The maximum atomic E-state index is 12.7. The number of benzene rings is 3. The number of nitrogens with zero attached hydrogens (tertiary/aromatic N) is 3. The fourth-order valence-electron chi connectivity index (χ4n) is 4.15. The molecular formula is C29H25BrClN5O. The minimum atomic E-state index is -0.208. The largest absolute Gasteiger partial charge is 0.366 e. The van der Waals surface area contributed by atoms with Crippen molar-refractivity contribution in [2.75, 3.05) is 5.32 Å². The molecule has 0 bridgehead atoms. The molecule has 0 radical (unpaired) electrons. The van der Waals surface area contributed by atoms with E-state index in [2.05, 4.69) is 43.8 Å². The van der Waals surface area contributed by atoms with Gasteiger partial charge in [0.25, 0.3) is 0 Å². The highest BCUT2D eigenvalue weighted by molar-refractivity contribution is 9.10. The molecule has 3 aromatic carbocycles. The fourth-order valence-corrected chi connectivity index (χ4v) is 4.73. The average Bonchev–Trinajstić information content (AvgIpc) is 3.31. The molecule has 5 aromatic rings. The van der Waals surface area contributed by atoms with Crippen LogP contribution in [0.5, 0.6) is 0 Å². The fraction of sp³-hybridized carbons (Fsp3) is 0.138. The summed E-state index contributed by atoms with van der Waals surface area (Å²) in [7, 11) is 0. The van der Waals surface area contributed by atoms with Crippen LogP contribution in [-0.4, -0.2) is 20.5 Å². The van der Waals surface area contributed by atoms with Gasteiger partial charge in [-0.3, -0.25) is 4.79 Å². The number of aromatic nitrogens is 3. The van der Waals surface area contributed by atoms with Gasteiger partial charge in [0.05, 0.1) is 22.3 Å². The number of amides is 1. The van der Waals surface area contributed by atoms with Crippen molar-refractivity contribution in [3.8, 4) is 11.3 Å². The van der Waals surface area contributed by atoms with Crippen molar-refractivity contribution in [1.29, 1.82) is 0 Å². The van der Waals surface area contributed by atoms with E-state index in [0.29, 0.717) is 23.8 Å². The van der Waals surface area contributed by atoms with Crippen molar-refractivity contribution < 1.29 is 4.79 Å². The molecule has 6 nitrogen and oxygen atoms in total. The lowest BCUT2D eigenvalue weighted by atomic mass is 10.0. The maximum absolute atomic E-state index is 12.7. The SMILES string of the molecule is CC(C(=O)NCc1cccc(CNc2cc(-c3ccccc3Cl)nc3c(Br)cnn23)c1)c1ccccc1. The molecule has 0 saturated heterocycles. The molecule has 2 heterocycles. The summed E-state index contributed by atoms with van der Waals surface area (Å²) in [5.74, 6) is 0.590. The number of halogens is 2. The van der Waals surface area contributed by atoms with Gasteiger partial charge in [0.1, 0.15) is 5.82 Å². The summed E-state index contributed by atoms with van der Waals surface area (Å²) in [4.78, 5) is 17.4. The van der Waals surface area contributed by atoms with Crippen LogP contribution in [0.25, 0.3) is 16.9 Å². The van der Waals surface area contributed by atoms with Gasteiger partial charge in [0.15, 0.2) is 5.65 Å². The van der Waals surface area contributed by atoms with Crippen molar-refractivity contribution in [2.24, 2.45) is 0 Å². The van der Waals surface area contributed by atoms with Crippen LogP contribution < -0.4 is 10.6 Å². The Morgan fingerprint density at radius 3 is 2.49 bits per heavy atom. The number of nitrogens with one attached hydrogen (secondary N) is 2. The number of fused-ring (bicyclic) bond motifs is 1. The minimum Gasteiger partial charge on any atom is -0.366 e. The molecule has 186 valence electrons. The van der Waals surface area contributed by atoms with Gasteiger partial charge in [-0.2, -0.15) is 9.61 Å². The van der Waals surface area contributed by atoms with E-state index >= 15 is 0 Å². The lowest BCUT2D eigenvalue weighted by molar-refractivity contribution is -0.122. The molecule has 1 atom stereocenters. The molecule has 2 N–H and O–H groups in total. The number of hydrogen-bond donors (Lipinski definition) is 2. The van der Waals surface area contributed by atoms with Crippen LogP contribution in [0.2, 0.25) is 5.02 Å². The Labute approximate surface area is 228 Å². The van der Waals surface area contributed by atoms with Gasteiger partial charge in [-0.1, -0.05) is 84.4 Å². The van der Waals surface area contributed by atoms with E-state index in [1.807, 2.05) is 79.7 Å². The van der Waals surface area contributed by atoms with Gasteiger partial charge in [-0.25, -0.2) is 4.98 Å². The second-order valence-corrected chi connectivity index (χ2v) is 10.0. The lowest BCUT2D eigenvalue weighted by Crippen LogP contribution is -2.27. The Hall–Kier alpha value is -3.68. The van der Waals surface area contributed by atoms with E-state index in [1.165, 1.54) is 0 Å². The van der Waals surface area contributed by atoms with Crippen LogP contribution in [0.4, 0.5) is 5.82 Å². The molecule has 1 amide bonds. The van der Waals surface area contributed by atoms with Crippen LogP contribution >= 0.6 is 27.5 Å². The first-order chi connectivity index (χ1) is 18.0. The Bertz CT molecular complexity index is 1550. The van der Waals surface area contributed by atoms with Crippen molar-refractivity contribution in [2.45, 2.75) is 25.9 Å². The highest BCUT2D eigenvalue weighted by atomic mass is 79.9. The normalized spacial score (nSPS) is 11.9. The number of carbonyl (C=O) groups excluding carboxylic acids is 1. The number of anilines is 1. The van der Waals surface area contributed by atoms with Crippen LogP contribution in [0, 0.1) is 0 Å². The standard InChI is InChI=1S/C29H25BrClN5O/c1-19(22-10-3-2-4-11-22)29(37)33-17-21-9-7-8-20(14-21)16-32-27-15-26(23-12-5-6-13-25(23)31)35-28-24(30)18-34-36(27)28/h2-15,18-19,32H,16-17H2,1H3,(H,33,37). The van der Waals surface area contributed by atoms with Crippen LogP contribution in [0.3, 0.4) is 0 Å². The number of carbonyl (C=O) groups is 1. The van der Waals surface area contributed by atoms with E-state index in [4.69, 9.17) is 16.6 Å². The first-order valence-electron chi connectivity index (χ1n) is 11.9. The van der Waals surface area contributed by atoms with E-state index in [1.54, 1.807) is 10.7 Å². The average molecular weight is 575 g/mol. The summed E-state index contributed by atoms with van der Waals surface area (Å²) >= 11 is 9.99. The summed E-state index contributed by atoms with van der Waals surface area (Å²) in [5.41, 5.74) is 5.42. The van der Waals surface area contributed by atoms with Gasteiger partial charge in [0, 0.05) is 29.7 Å². The van der Waals surface area contributed by atoms with E-state index in [-0.39, 0.29) is 11.8 Å². The predicted molar refractivity (Wildman–Crippen MR) is 152 cm³/mol. The smallest absolute Gasteiger partial charge is 0.227 e. The molecule has 0 spiro atoms. The van der Waals surface area contributed by atoms with Crippen molar-refractivity contribution >= 4 is 44.9 Å². The third-order valence-electron chi connectivity index (χ3n) is 6.20. The molecule has 2 aromatic heterocycles. The zero-order valence-corrected chi connectivity index (χ0v) is 22.5. The zero-order valence-electron chi connectivity index (χ0n) is 20.2. The van der Waals surface area contributed by atoms with Crippen LogP contribution in [0.1, 0.15) is 29.5 Å². The van der Waals surface area contributed by atoms with E-state index in [9.17, 15) is 4.79 Å². The first-order valence-corrected chi connectivity index (χ1v) is 13.1. The first kappa shape index (κ1) is 25.0. The topological polar surface area (TPSA) is 71.3 Å². The molecule has 37 heavy (non-hydrogen) atoms. The summed E-state index contributed by atoms with van der Waals surface area (Å²) in [5, 5.41) is 11.6. The van der Waals surface area contributed by atoms with Gasteiger partial charge in [-0.15, -0.1) is 0 Å². The Kier molecular flexibility index (Phi) is 7.53. The van der Waals surface area contributed by atoms with Gasteiger partial charge in [0.2, 0.25) is 5.91 Å². The monoisotopic (exact) mass is 573 g/mol. The molecule has 0 aliphatic rings. The molecule has 0 aliphatic heterocycles. The van der Waals surface area contributed by atoms with Crippen molar-refractivity contribution in [3.05, 3.63) is 117 Å². The third-order valence-corrected chi connectivity index (χ3v) is 7.09. The summed E-state index contributed by atoms with van der Waals surface area (Å²) in [6.45, 7) is 2.96. The number of rotatable bonds is 8. The highest BCUT2D eigenvalue weighted by Crippen LogP contribution is 2.30. The van der Waals surface area contributed by atoms with Gasteiger partial charge < -0.3 is 10.6 Å². The van der Waals surface area contributed by atoms with Crippen LogP contribution in [0.15, 0.2) is 95.6 Å². The molecule has 5 rings (SSSR count). The predicted octanol–water partition coefficient (Wildman–Crippen LogP) is 6.84. The summed E-state index contributed by atoms with van der Waals surface area (Å²) in [6.07, 6.45) is 1.73. The van der Waals surface area contributed by atoms with Gasteiger partial charge >= 0.3 is 0 Å². The maximum Gasteiger partial charge on any atom is 0.227 e. The number of hydrogen-bond acceptors (Lipinski definition) is 4. The Morgan fingerprint density at radius 2 is 1.70 bits per heavy atom. The minimum absolute atomic E-state index is 0.00488. The lowest BCUT2D eigenvalue weighted by Gasteiger charge is -2.14. The second kappa shape index (κ2) is 11.2. The van der Waals surface area contributed by atoms with E-state index in [0.717, 1.165) is 38.2 Å². The molecule has 0 fully saturated rings. The molecule has 0 saturated carbocycles. The second-order valence-electron chi connectivity index (χ2n) is 8.76. The third kappa shape index (κ3) is 5.68. The quantitative estimate of drug-likeness (QED) is 0.213. The molecule has 8 heteroatoms. The molecular weight excluding hydrogens is 550 g/mol. The molecule has 0 aliphatic carbocycles. The van der Waals surface area contributed by atoms with Gasteiger partial charge in [-0.05, 0) is 45.6 Å². The van der Waals surface area contributed by atoms with E-state index < -0.39 is 0 Å². The van der Waals surface area contributed by atoms with Crippen molar-refractivity contribution in [1.82, 2.24) is 19.9 Å². The molecule has 1 unspecified atom stereocenters. The van der Waals surface area contributed by atoms with Crippen LogP contribution in [-0.2, 0) is 17.9 Å². The van der Waals surface area contributed by atoms with Crippen molar-refractivity contribution in [3.63, 3.8) is 0 Å². The highest BCUT2D eigenvalue weighted by Gasteiger charge is 2.15.